The first-order chi connectivity index (χ1) is 13.4. The van der Waals surface area contributed by atoms with Gasteiger partial charge in [0.2, 0.25) is 10.0 Å². The molecular weight excluding hydrogens is 376 g/mol. The van der Waals surface area contributed by atoms with Crippen molar-refractivity contribution < 1.29 is 17.9 Å². The summed E-state index contributed by atoms with van der Waals surface area (Å²) in [7, 11) is -3.59. The summed E-state index contributed by atoms with van der Waals surface area (Å²) < 4.78 is 32.8. The van der Waals surface area contributed by atoms with Gasteiger partial charge in [-0.3, -0.25) is 9.69 Å². The second-order valence-electron chi connectivity index (χ2n) is 6.84. The van der Waals surface area contributed by atoms with Crippen LogP contribution in [0.15, 0.2) is 53.4 Å². The number of hydrogen-bond acceptors (Lipinski definition) is 5. The lowest BCUT2D eigenvalue weighted by atomic mass is 10.2. The lowest BCUT2D eigenvalue weighted by molar-refractivity contribution is 0.101. The van der Waals surface area contributed by atoms with Gasteiger partial charge in [-0.2, -0.15) is 4.31 Å². The molecule has 0 N–H and O–H groups in total. The summed E-state index contributed by atoms with van der Waals surface area (Å²) >= 11 is 0. The molecule has 0 bridgehead atoms. The zero-order valence-corrected chi connectivity index (χ0v) is 17.1. The smallest absolute Gasteiger partial charge is 0.243 e. The largest absolute Gasteiger partial charge is 0.494 e. The fourth-order valence-electron chi connectivity index (χ4n) is 3.27. The molecule has 2 aromatic rings. The van der Waals surface area contributed by atoms with E-state index in [1.807, 2.05) is 31.2 Å². The van der Waals surface area contributed by atoms with Gasteiger partial charge in [-0.25, -0.2) is 8.42 Å². The summed E-state index contributed by atoms with van der Waals surface area (Å²) in [5.74, 6) is 0.715. The van der Waals surface area contributed by atoms with Gasteiger partial charge in [-0.15, -0.1) is 0 Å². The molecule has 6 nitrogen and oxygen atoms in total. The fraction of sp³-hybridized carbons (Fsp3) is 0.381. The molecule has 2 aromatic carbocycles. The third-order valence-corrected chi connectivity index (χ3v) is 6.74. The van der Waals surface area contributed by atoms with E-state index in [0.29, 0.717) is 38.3 Å². The van der Waals surface area contributed by atoms with Crippen molar-refractivity contribution in [3.8, 4) is 5.75 Å². The van der Waals surface area contributed by atoms with E-state index >= 15 is 0 Å². The Bertz CT molecular complexity index is 918. The molecule has 0 radical (unpaired) electrons. The Labute approximate surface area is 166 Å². The van der Waals surface area contributed by atoms with E-state index in [4.69, 9.17) is 4.74 Å². The van der Waals surface area contributed by atoms with Gasteiger partial charge in [-0.1, -0.05) is 24.3 Å². The number of sulfonamides is 1. The Balaban J connectivity index is 1.61. The molecule has 28 heavy (non-hydrogen) atoms. The van der Waals surface area contributed by atoms with E-state index in [-0.39, 0.29) is 10.7 Å². The quantitative estimate of drug-likeness (QED) is 0.666. The number of hydrogen-bond donors (Lipinski definition) is 0. The molecule has 150 valence electrons. The first-order valence-corrected chi connectivity index (χ1v) is 10.9. The third kappa shape index (κ3) is 4.79. The molecule has 1 saturated heterocycles. The molecule has 1 aliphatic heterocycles. The molecular formula is C21H26N2O4S. The van der Waals surface area contributed by atoms with Crippen LogP contribution in [-0.2, 0) is 16.6 Å². The van der Waals surface area contributed by atoms with Crippen molar-refractivity contribution in [2.24, 2.45) is 0 Å². The molecule has 1 aliphatic rings. The van der Waals surface area contributed by atoms with Crippen molar-refractivity contribution in [3.05, 3.63) is 59.7 Å². The highest BCUT2D eigenvalue weighted by Gasteiger charge is 2.28. The molecule has 3 rings (SSSR count). The van der Waals surface area contributed by atoms with Crippen molar-refractivity contribution in [1.29, 1.82) is 0 Å². The first kappa shape index (κ1) is 20.5. The fourth-order valence-corrected chi connectivity index (χ4v) is 4.74. The number of benzene rings is 2. The van der Waals surface area contributed by atoms with Crippen LogP contribution in [0.5, 0.6) is 5.75 Å². The second-order valence-corrected chi connectivity index (χ2v) is 8.78. The molecule has 0 aliphatic carbocycles. The monoisotopic (exact) mass is 402 g/mol. The lowest BCUT2D eigenvalue weighted by Gasteiger charge is -2.34. The van der Waals surface area contributed by atoms with E-state index < -0.39 is 10.0 Å². The van der Waals surface area contributed by atoms with Gasteiger partial charge in [0.05, 0.1) is 11.5 Å². The molecule has 0 unspecified atom stereocenters. The average molecular weight is 403 g/mol. The summed E-state index contributed by atoms with van der Waals surface area (Å²) in [6.45, 7) is 7.01. The van der Waals surface area contributed by atoms with Gasteiger partial charge < -0.3 is 4.74 Å². The number of carbonyl (C=O) groups excluding carboxylic acids is 1. The number of carbonyl (C=O) groups is 1. The molecule has 0 atom stereocenters. The van der Waals surface area contributed by atoms with E-state index in [2.05, 4.69) is 4.90 Å². The highest BCUT2D eigenvalue weighted by atomic mass is 32.2. The molecule has 7 heteroatoms. The van der Waals surface area contributed by atoms with Crippen LogP contribution in [-0.4, -0.2) is 56.2 Å². The Kier molecular flexibility index (Phi) is 6.49. The van der Waals surface area contributed by atoms with Crippen LogP contribution in [0.25, 0.3) is 0 Å². The standard InChI is InChI=1S/C21H26N2O4S/c1-3-27-20-9-7-18(8-10-20)16-22-11-13-23(14-12-22)28(25,26)21-6-4-5-19(15-21)17(2)24/h4-10,15H,3,11-14,16H2,1-2H3. The maximum atomic E-state index is 12.9. The summed E-state index contributed by atoms with van der Waals surface area (Å²) in [4.78, 5) is 14.0. The van der Waals surface area contributed by atoms with Gasteiger partial charge in [0.15, 0.2) is 5.78 Å². The lowest BCUT2D eigenvalue weighted by Crippen LogP contribution is -2.48. The SMILES string of the molecule is CCOc1ccc(CN2CCN(S(=O)(=O)c3cccc(C(C)=O)c3)CC2)cc1. The highest BCUT2D eigenvalue weighted by Crippen LogP contribution is 2.20. The van der Waals surface area contributed by atoms with E-state index in [1.165, 1.54) is 22.9 Å². The summed E-state index contributed by atoms with van der Waals surface area (Å²) in [6.07, 6.45) is 0. The van der Waals surface area contributed by atoms with Crippen molar-refractivity contribution in [2.45, 2.75) is 25.3 Å². The van der Waals surface area contributed by atoms with Gasteiger partial charge in [-0.05, 0) is 43.7 Å². The van der Waals surface area contributed by atoms with Gasteiger partial charge in [0, 0.05) is 38.3 Å². The van der Waals surface area contributed by atoms with E-state index in [0.717, 1.165) is 12.3 Å². The number of Topliss-reactive ketones (excluding diaryl/α,β-unsaturated/α-hetero) is 1. The topological polar surface area (TPSA) is 66.9 Å². The maximum Gasteiger partial charge on any atom is 0.243 e. The zero-order chi connectivity index (χ0) is 20.1. The number of ketones is 1. The van der Waals surface area contributed by atoms with Crippen LogP contribution in [0.2, 0.25) is 0 Å². The van der Waals surface area contributed by atoms with Crippen LogP contribution in [0, 0.1) is 0 Å². The average Bonchev–Trinajstić information content (AvgIpc) is 2.70. The minimum atomic E-state index is -3.59. The van der Waals surface area contributed by atoms with Crippen molar-refractivity contribution in [1.82, 2.24) is 9.21 Å². The molecule has 0 spiro atoms. The Morgan fingerprint density at radius 3 is 2.32 bits per heavy atom. The molecule has 0 aromatic heterocycles. The Morgan fingerprint density at radius 1 is 1.04 bits per heavy atom. The van der Waals surface area contributed by atoms with Crippen LogP contribution in [0.3, 0.4) is 0 Å². The van der Waals surface area contributed by atoms with Crippen LogP contribution in [0.1, 0.15) is 29.8 Å². The summed E-state index contributed by atoms with van der Waals surface area (Å²) in [5, 5.41) is 0. The van der Waals surface area contributed by atoms with Gasteiger partial charge in [0.1, 0.15) is 5.75 Å². The number of rotatable bonds is 7. The van der Waals surface area contributed by atoms with Crippen LogP contribution in [0.4, 0.5) is 0 Å². The zero-order valence-electron chi connectivity index (χ0n) is 16.3. The number of ether oxygens (including phenoxy) is 1. The van der Waals surface area contributed by atoms with Crippen molar-refractivity contribution in [3.63, 3.8) is 0 Å². The Morgan fingerprint density at radius 2 is 1.71 bits per heavy atom. The normalized spacial score (nSPS) is 16.1. The predicted molar refractivity (Wildman–Crippen MR) is 108 cm³/mol. The molecule has 1 fully saturated rings. The van der Waals surface area contributed by atoms with E-state index in [9.17, 15) is 13.2 Å². The van der Waals surface area contributed by atoms with Crippen LogP contribution >= 0.6 is 0 Å². The molecule has 1 heterocycles. The maximum absolute atomic E-state index is 12.9. The summed E-state index contributed by atoms with van der Waals surface area (Å²) in [6, 6.07) is 14.3. The minimum Gasteiger partial charge on any atom is -0.494 e. The van der Waals surface area contributed by atoms with E-state index in [1.54, 1.807) is 18.2 Å². The Hall–Kier alpha value is -2.22. The molecule has 0 amide bonds. The minimum absolute atomic E-state index is 0.141. The molecule has 0 saturated carbocycles. The third-order valence-electron chi connectivity index (χ3n) is 4.85. The van der Waals surface area contributed by atoms with Crippen molar-refractivity contribution in [2.75, 3.05) is 32.8 Å². The second kappa shape index (κ2) is 8.86. The predicted octanol–water partition coefficient (Wildman–Crippen LogP) is 2.79. The highest BCUT2D eigenvalue weighted by molar-refractivity contribution is 7.89. The van der Waals surface area contributed by atoms with Gasteiger partial charge in [0.25, 0.3) is 0 Å². The van der Waals surface area contributed by atoms with Crippen molar-refractivity contribution >= 4 is 15.8 Å². The van der Waals surface area contributed by atoms with Crippen LogP contribution < -0.4 is 4.74 Å². The summed E-state index contributed by atoms with van der Waals surface area (Å²) in [5.41, 5.74) is 1.59. The number of nitrogens with zero attached hydrogens (tertiary/aromatic N) is 2. The number of piperazine rings is 1. The first-order valence-electron chi connectivity index (χ1n) is 9.45. The van der Waals surface area contributed by atoms with Gasteiger partial charge >= 0.3 is 0 Å².